The fraction of sp³-hybridized carbons (Fsp3) is 0.412. The van der Waals surface area contributed by atoms with E-state index in [9.17, 15) is 4.79 Å². The summed E-state index contributed by atoms with van der Waals surface area (Å²) in [5.41, 5.74) is 2.29. The summed E-state index contributed by atoms with van der Waals surface area (Å²) in [4.78, 5) is 16.6. The van der Waals surface area contributed by atoms with Crippen LogP contribution in [0, 0.1) is 0 Å². The van der Waals surface area contributed by atoms with Crippen molar-refractivity contribution >= 4 is 5.78 Å². The summed E-state index contributed by atoms with van der Waals surface area (Å²) >= 11 is 0. The largest absolute Gasteiger partial charge is 0.327 e. The van der Waals surface area contributed by atoms with Crippen molar-refractivity contribution in [3.05, 3.63) is 54.1 Å². The fourth-order valence-electron chi connectivity index (χ4n) is 2.90. The number of carbonyl (C=O) groups is 1. The van der Waals surface area contributed by atoms with Crippen LogP contribution in [0.3, 0.4) is 0 Å². The number of hydrogen-bond acceptors (Lipinski definition) is 2. The molecule has 1 aromatic heterocycles. The Morgan fingerprint density at radius 2 is 2.00 bits per heavy atom. The minimum absolute atomic E-state index is 0.00882. The molecule has 1 atom stereocenters. The summed E-state index contributed by atoms with van der Waals surface area (Å²) in [7, 11) is 0. The van der Waals surface area contributed by atoms with E-state index in [4.69, 9.17) is 0 Å². The van der Waals surface area contributed by atoms with Crippen molar-refractivity contribution < 1.29 is 4.79 Å². The third-order valence-corrected chi connectivity index (χ3v) is 4.02. The lowest BCUT2D eigenvalue weighted by Gasteiger charge is -2.13. The predicted octanol–water partition coefficient (Wildman–Crippen LogP) is 3.55. The van der Waals surface area contributed by atoms with Crippen molar-refractivity contribution in [2.75, 3.05) is 0 Å². The maximum Gasteiger partial charge on any atom is 0.155 e. The Bertz CT molecular complexity index is 574. The van der Waals surface area contributed by atoms with E-state index in [0.717, 1.165) is 37.8 Å². The first-order valence-electron chi connectivity index (χ1n) is 7.42. The average Bonchev–Trinajstić information content (AvgIpc) is 2.81. The van der Waals surface area contributed by atoms with Crippen LogP contribution in [-0.2, 0) is 11.2 Å². The molecule has 20 heavy (non-hydrogen) atoms. The first-order chi connectivity index (χ1) is 9.83. The Balaban J connectivity index is 1.74. The second-order valence-corrected chi connectivity index (χ2v) is 5.56. The molecular formula is C17H20N2O. The van der Waals surface area contributed by atoms with Crippen molar-refractivity contribution in [1.29, 1.82) is 0 Å². The molecule has 0 N–H and O–H groups in total. The molecular weight excluding hydrogens is 248 g/mol. The number of ketones is 1. The zero-order chi connectivity index (χ0) is 13.8. The molecule has 3 heteroatoms. The van der Waals surface area contributed by atoms with Gasteiger partial charge in [-0.15, -0.1) is 0 Å². The summed E-state index contributed by atoms with van der Waals surface area (Å²) < 4.78 is 2.02. The van der Waals surface area contributed by atoms with Gasteiger partial charge in [0.2, 0.25) is 0 Å². The Kier molecular flexibility index (Phi) is 3.95. The summed E-state index contributed by atoms with van der Waals surface area (Å²) in [5, 5.41) is 0. The maximum absolute atomic E-state index is 12.1. The molecule has 0 spiro atoms. The lowest BCUT2D eigenvalue weighted by atomic mass is 10.1. The van der Waals surface area contributed by atoms with Gasteiger partial charge in [-0.2, -0.15) is 0 Å². The third kappa shape index (κ3) is 2.98. The van der Waals surface area contributed by atoms with Gasteiger partial charge in [0.1, 0.15) is 0 Å². The quantitative estimate of drug-likeness (QED) is 0.798. The van der Waals surface area contributed by atoms with E-state index < -0.39 is 0 Å². The smallest absolute Gasteiger partial charge is 0.155 e. The van der Waals surface area contributed by atoms with E-state index in [-0.39, 0.29) is 6.04 Å². The molecule has 0 amide bonds. The minimum atomic E-state index is 0.00882. The van der Waals surface area contributed by atoms with Gasteiger partial charge in [-0.05, 0) is 18.4 Å². The van der Waals surface area contributed by atoms with Crippen LogP contribution in [0.1, 0.15) is 49.4 Å². The Morgan fingerprint density at radius 1 is 1.15 bits per heavy atom. The molecule has 0 aliphatic heterocycles. The van der Waals surface area contributed by atoms with E-state index in [1.807, 2.05) is 35.3 Å². The Hall–Kier alpha value is -1.90. The first kappa shape index (κ1) is 13.1. The summed E-state index contributed by atoms with van der Waals surface area (Å²) in [5.74, 6) is 0.367. The lowest BCUT2D eigenvalue weighted by Crippen LogP contribution is -2.16. The molecule has 3 nitrogen and oxygen atoms in total. The molecule has 104 valence electrons. The van der Waals surface area contributed by atoms with E-state index >= 15 is 0 Å². The molecule has 1 aliphatic rings. The van der Waals surface area contributed by atoms with Gasteiger partial charge in [0, 0.05) is 19.0 Å². The second-order valence-electron chi connectivity index (χ2n) is 5.56. The minimum Gasteiger partial charge on any atom is -0.327 e. The third-order valence-electron chi connectivity index (χ3n) is 4.02. The maximum atomic E-state index is 12.1. The molecule has 3 rings (SSSR count). The van der Waals surface area contributed by atoms with E-state index in [1.54, 1.807) is 0 Å². The number of carbonyl (C=O) groups excluding carboxylic acids is 1. The van der Waals surface area contributed by atoms with E-state index in [0.29, 0.717) is 5.78 Å². The number of nitrogens with zero attached hydrogens (tertiary/aromatic N) is 2. The number of hydrogen-bond donors (Lipinski definition) is 0. The van der Waals surface area contributed by atoms with Gasteiger partial charge in [0.05, 0.1) is 18.1 Å². The normalized spacial score (nSPS) is 19.8. The van der Waals surface area contributed by atoms with Gasteiger partial charge in [-0.3, -0.25) is 4.79 Å². The van der Waals surface area contributed by atoms with Gasteiger partial charge in [0.25, 0.3) is 0 Å². The highest BCUT2D eigenvalue weighted by atomic mass is 16.1. The second kappa shape index (κ2) is 6.04. The summed E-state index contributed by atoms with van der Waals surface area (Å²) in [6, 6.07) is 10.3. The van der Waals surface area contributed by atoms with Crippen LogP contribution in [0.5, 0.6) is 0 Å². The zero-order valence-corrected chi connectivity index (χ0v) is 11.7. The fourth-order valence-corrected chi connectivity index (χ4v) is 2.90. The molecule has 1 saturated carbocycles. The van der Waals surface area contributed by atoms with Crippen LogP contribution in [0.15, 0.2) is 42.9 Å². The van der Waals surface area contributed by atoms with Gasteiger partial charge in [0.15, 0.2) is 5.78 Å². The SMILES string of the molecule is O=C1CCCCCC1n1cnc(Cc2ccccc2)c1. The standard InChI is InChI=1S/C17H20N2O/c20-17-10-6-2-5-9-16(17)19-12-15(18-13-19)11-14-7-3-1-4-8-14/h1,3-4,7-8,12-13,16H,2,5-6,9-11H2. The van der Waals surface area contributed by atoms with Crippen LogP contribution >= 0.6 is 0 Å². The van der Waals surface area contributed by atoms with Crippen LogP contribution in [0.2, 0.25) is 0 Å². The Labute approximate surface area is 119 Å². The molecule has 1 aromatic carbocycles. The summed E-state index contributed by atoms with van der Waals surface area (Å²) in [6.07, 6.45) is 9.73. The highest BCUT2D eigenvalue weighted by Gasteiger charge is 2.22. The number of Topliss-reactive ketones (excluding diaryl/α,β-unsaturated/α-hetero) is 1. The van der Waals surface area contributed by atoms with Crippen LogP contribution in [-0.4, -0.2) is 15.3 Å². The molecule has 2 aromatic rings. The Morgan fingerprint density at radius 3 is 2.85 bits per heavy atom. The van der Waals surface area contributed by atoms with Gasteiger partial charge in [-0.1, -0.05) is 43.2 Å². The molecule has 1 heterocycles. The molecule has 0 bridgehead atoms. The van der Waals surface area contributed by atoms with Crippen molar-refractivity contribution in [2.45, 2.75) is 44.6 Å². The lowest BCUT2D eigenvalue weighted by molar-refractivity contribution is -0.122. The predicted molar refractivity (Wildman–Crippen MR) is 78.6 cm³/mol. The monoisotopic (exact) mass is 268 g/mol. The van der Waals surface area contributed by atoms with Gasteiger partial charge < -0.3 is 4.57 Å². The average molecular weight is 268 g/mol. The number of benzene rings is 1. The van der Waals surface area contributed by atoms with Gasteiger partial charge >= 0.3 is 0 Å². The summed E-state index contributed by atoms with van der Waals surface area (Å²) in [6.45, 7) is 0. The number of aromatic nitrogens is 2. The number of rotatable bonds is 3. The highest BCUT2D eigenvalue weighted by Crippen LogP contribution is 2.24. The van der Waals surface area contributed by atoms with Crippen LogP contribution in [0.25, 0.3) is 0 Å². The van der Waals surface area contributed by atoms with Crippen LogP contribution in [0.4, 0.5) is 0 Å². The van der Waals surface area contributed by atoms with Gasteiger partial charge in [-0.25, -0.2) is 4.98 Å². The topological polar surface area (TPSA) is 34.9 Å². The molecule has 1 aliphatic carbocycles. The highest BCUT2D eigenvalue weighted by molar-refractivity contribution is 5.82. The van der Waals surface area contributed by atoms with Crippen molar-refractivity contribution in [3.8, 4) is 0 Å². The van der Waals surface area contributed by atoms with Crippen molar-refractivity contribution in [2.24, 2.45) is 0 Å². The van der Waals surface area contributed by atoms with Crippen molar-refractivity contribution in [1.82, 2.24) is 9.55 Å². The van der Waals surface area contributed by atoms with E-state index in [2.05, 4.69) is 17.1 Å². The zero-order valence-electron chi connectivity index (χ0n) is 11.7. The molecule has 1 fully saturated rings. The number of imidazole rings is 1. The van der Waals surface area contributed by atoms with Crippen molar-refractivity contribution in [3.63, 3.8) is 0 Å². The molecule has 0 saturated heterocycles. The van der Waals surface area contributed by atoms with E-state index in [1.165, 1.54) is 12.0 Å². The van der Waals surface area contributed by atoms with Crippen LogP contribution < -0.4 is 0 Å². The first-order valence-corrected chi connectivity index (χ1v) is 7.42. The molecule has 0 radical (unpaired) electrons. The molecule has 1 unspecified atom stereocenters.